The average Bonchev–Trinajstić information content (AvgIpc) is 1.71. The molecule has 10 aromatic carbocycles. The lowest BCUT2D eigenvalue weighted by atomic mass is 9.90. The maximum Gasteiger partial charge on any atom is 0.251 e. The SMILES string of the molecule is CCCCN(C)C(=O)CC[C@@H]1N[C@H](CNC(=O)c2ccc3ccccc3c2)CCN(C[C@@H](CC)c2ccccc2)C1=O.CC[C@H](CN1CC[C@@H](CNC(=O)c2ccc(Cl)c(Cl)c2)N[C@@H](CCN(C)C(C)(C)C)C1=O)c1ccccc1.O=C(NC[C@@H]1CCN(CC(c2ccccc2)c2ccccc2)C(=O)[C@H](Cc2ccccc2N2CCCCC2)N1)c1ccc2ccccc2c1. The molecule has 4 saturated heterocycles. The molecule has 4 aliphatic rings. The molecule has 14 rings (SSSR count). The minimum absolute atomic E-state index is 0.0152. The first-order valence-corrected chi connectivity index (χ1v) is 47.7. The predicted octanol–water partition coefficient (Wildman–Crippen LogP) is 18.2. The Bertz CT molecular complexity index is 5230. The Hall–Kier alpha value is -10.8. The third-order valence-corrected chi connectivity index (χ3v) is 27.0. The molecule has 6 N–H and O–H groups in total. The summed E-state index contributed by atoms with van der Waals surface area (Å²) < 4.78 is 0. The fraction of sp³-hybridized carbons (Fsp3) is 0.417. The molecule has 4 heterocycles. The van der Waals surface area contributed by atoms with Gasteiger partial charge in [-0.25, -0.2) is 0 Å². The summed E-state index contributed by atoms with van der Waals surface area (Å²) in [5.74, 6) is 0.491. The van der Waals surface area contributed by atoms with E-state index in [0.29, 0.717) is 111 Å². The number of rotatable bonds is 33. The molecule has 129 heavy (non-hydrogen) atoms. The van der Waals surface area contributed by atoms with E-state index in [0.717, 1.165) is 92.7 Å². The second-order valence-corrected chi connectivity index (χ2v) is 37.0. The zero-order valence-corrected chi connectivity index (χ0v) is 78.3. The van der Waals surface area contributed by atoms with Gasteiger partial charge in [-0.3, -0.25) is 33.6 Å². The van der Waals surface area contributed by atoms with Crippen LogP contribution in [0.25, 0.3) is 21.5 Å². The molecule has 19 nitrogen and oxygen atoms in total. The van der Waals surface area contributed by atoms with Crippen molar-refractivity contribution >= 4 is 91.8 Å². The molecule has 0 saturated carbocycles. The summed E-state index contributed by atoms with van der Waals surface area (Å²) in [4.78, 5) is 107. The van der Waals surface area contributed by atoms with E-state index in [2.05, 4.69) is 210 Å². The van der Waals surface area contributed by atoms with Crippen LogP contribution in [0.2, 0.25) is 10.0 Å². The highest BCUT2D eigenvalue weighted by Gasteiger charge is 2.38. The number of hydrogen-bond donors (Lipinski definition) is 6. The second-order valence-electron chi connectivity index (χ2n) is 36.2. The molecule has 0 radical (unpaired) electrons. The third-order valence-electron chi connectivity index (χ3n) is 26.3. The van der Waals surface area contributed by atoms with Gasteiger partial charge in [0, 0.05) is 162 Å². The molecule has 4 aliphatic heterocycles. The largest absolute Gasteiger partial charge is 0.371 e. The van der Waals surface area contributed by atoms with Crippen LogP contribution >= 0.6 is 23.2 Å². The summed E-state index contributed by atoms with van der Waals surface area (Å²) in [6.45, 7) is 21.6. The highest BCUT2D eigenvalue weighted by molar-refractivity contribution is 6.42. The number of hydrogen-bond acceptors (Lipinski definition) is 12. The number of carbonyl (C=O) groups is 7. The van der Waals surface area contributed by atoms with Gasteiger partial charge in [-0.2, -0.15) is 0 Å². The molecular weight excluding hydrogens is 1650 g/mol. The van der Waals surface area contributed by atoms with Crippen molar-refractivity contribution in [1.29, 1.82) is 0 Å². The van der Waals surface area contributed by atoms with E-state index in [9.17, 15) is 33.6 Å². The van der Waals surface area contributed by atoms with E-state index in [-0.39, 0.29) is 88.8 Å². The molecule has 0 unspecified atom stereocenters. The number of piperidine rings is 1. The number of anilines is 1. The molecule has 0 aromatic heterocycles. The Morgan fingerprint density at radius 1 is 0.434 bits per heavy atom. The Labute approximate surface area is 775 Å². The Morgan fingerprint density at radius 2 is 0.837 bits per heavy atom. The highest BCUT2D eigenvalue weighted by Crippen LogP contribution is 2.33. The van der Waals surface area contributed by atoms with Crippen molar-refractivity contribution in [3.8, 4) is 0 Å². The van der Waals surface area contributed by atoms with Gasteiger partial charge in [0.1, 0.15) is 0 Å². The maximum absolute atomic E-state index is 14.6. The number of benzene rings is 10. The Kier molecular flexibility index (Phi) is 36.8. The molecule has 10 aromatic rings. The topological polar surface area (TPSA) is 211 Å². The summed E-state index contributed by atoms with van der Waals surface area (Å²) in [6.07, 6.45) is 11.8. The number of nitrogens with zero attached hydrogens (tertiary/aromatic N) is 6. The Balaban J connectivity index is 0.000000177. The van der Waals surface area contributed by atoms with Gasteiger partial charge in [0.05, 0.1) is 28.2 Å². The van der Waals surface area contributed by atoms with Crippen LogP contribution in [0.3, 0.4) is 0 Å². The first kappa shape index (κ1) is 97.3. The van der Waals surface area contributed by atoms with E-state index in [1.165, 1.54) is 52.8 Å². The van der Waals surface area contributed by atoms with Crippen LogP contribution < -0.4 is 36.8 Å². The highest BCUT2D eigenvalue weighted by atomic mass is 35.5. The third kappa shape index (κ3) is 28.1. The number of nitrogens with one attached hydrogen (secondary N) is 6. The van der Waals surface area contributed by atoms with E-state index in [1.807, 2.05) is 132 Å². The molecular formula is C108H134Cl2N12O7. The molecule has 4 fully saturated rings. The van der Waals surface area contributed by atoms with Gasteiger partial charge < -0.3 is 61.3 Å². The summed E-state index contributed by atoms with van der Waals surface area (Å²) in [7, 11) is 3.93. The fourth-order valence-corrected chi connectivity index (χ4v) is 18.3. The zero-order chi connectivity index (χ0) is 91.2. The first-order valence-electron chi connectivity index (χ1n) is 46.9. The summed E-state index contributed by atoms with van der Waals surface area (Å²) in [5.41, 5.74) is 9.05. The number of carbonyl (C=O) groups excluding carboxylic acids is 7. The van der Waals surface area contributed by atoms with Gasteiger partial charge in [-0.15, -0.1) is 0 Å². The number of unbranched alkanes of at least 4 members (excludes halogenated alkanes) is 1. The predicted molar refractivity (Wildman–Crippen MR) is 526 cm³/mol. The average molecular weight is 1780 g/mol. The zero-order valence-electron chi connectivity index (χ0n) is 76.8. The monoisotopic (exact) mass is 1780 g/mol. The van der Waals surface area contributed by atoms with Gasteiger partial charge in [0.25, 0.3) is 17.7 Å². The van der Waals surface area contributed by atoms with E-state index in [1.54, 1.807) is 23.1 Å². The van der Waals surface area contributed by atoms with Crippen molar-refractivity contribution in [2.75, 3.05) is 104 Å². The van der Waals surface area contributed by atoms with Crippen LogP contribution in [0.4, 0.5) is 5.69 Å². The molecule has 682 valence electrons. The van der Waals surface area contributed by atoms with Gasteiger partial charge in [0.2, 0.25) is 23.6 Å². The number of para-hydroxylation sites is 1. The van der Waals surface area contributed by atoms with Crippen LogP contribution in [0.5, 0.6) is 0 Å². The van der Waals surface area contributed by atoms with Gasteiger partial charge in [0.15, 0.2) is 0 Å². The van der Waals surface area contributed by atoms with Gasteiger partial charge in [-0.05, 0) is 203 Å². The van der Waals surface area contributed by atoms with Crippen molar-refractivity contribution < 1.29 is 33.6 Å². The normalized spacial score (nSPS) is 18.6. The van der Waals surface area contributed by atoms with E-state index in [4.69, 9.17) is 23.2 Å². The van der Waals surface area contributed by atoms with Crippen LogP contribution in [0.15, 0.2) is 249 Å². The van der Waals surface area contributed by atoms with Crippen molar-refractivity contribution in [3.05, 3.63) is 303 Å². The van der Waals surface area contributed by atoms with Gasteiger partial charge in [-0.1, -0.05) is 251 Å². The summed E-state index contributed by atoms with van der Waals surface area (Å²) in [5, 5.41) is 25.2. The summed E-state index contributed by atoms with van der Waals surface area (Å²) >= 11 is 12.1. The second kappa shape index (κ2) is 48.8. The first-order chi connectivity index (χ1) is 62.5. The van der Waals surface area contributed by atoms with Crippen LogP contribution in [-0.2, 0) is 25.6 Å². The lowest BCUT2D eigenvalue weighted by Gasteiger charge is -2.34. The molecule has 0 spiro atoms. The molecule has 0 bridgehead atoms. The van der Waals surface area contributed by atoms with E-state index >= 15 is 0 Å². The minimum Gasteiger partial charge on any atom is -0.371 e. The van der Waals surface area contributed by atoms with Gasteiger partial charge >= 0.3 is 0 Å². The number of halogens is 2. The fourth-order valence-electron chi connectivity index (χ4n) is 18.0. The molecule has 7 amide bonds. The van der Waals surface area contributed by atoms with Crippen molar-refractivity contribution in [1.82, 2.24) is 56.4 Å². The lowest BCUT2D eigenvalue weighted by molar-refractivity contribution is -0.134. The standard InChI is InChI=1S/C43H46N4O2.C35H46N4O3.C30H42Cl2N4O2/c48-42(37-23-22-32-14-8-9-19-35(32)28-37)44-30-38-24-27-47(31-39(33-15-4-1-5-16-33)34-17-6-2-7-18-34)43(49)40(45-38)29-36-20-10-11-21-41(36)46-25-12-3-13-26-46;1-4-6-21-38(3)33(40)19-18-32-35(42)39(25-26(5-2)27-12-8-7-9-13-27)22-20-31(37-32)24-36-34(41)30-17-16-28-14-10-11-15-29(28)23-30;1-6-21(22-10-8-7-9-11-22)20-36-17-14-24(19-33-28(37)23-12-13-25(31)26(32)18-23)34-27(29(36)38)15-16-35(5)30(2,3)4/h1-2,4-11,14-23,28,38-40,45H,3,12-13,24-27,29-31H2,(H,44,48);7-17,23,26,31-32,37H,4-6,18-22,24-25H2,1-3H3,(H,36,41);7-13,18,21,24,27,34H,6,14-17,19-20H2,1-5H3,(H,33,37)/t38-,40-;26-,31+,32+;21-,24+,27+/m011/s1. The van der Waals surface area contributed by atoms with Crippen LogP contribution in [-0.4, -0.2) is 207 Å². The van der Waals surface area contributed by atoms with E-state index < -0.39 is 12.1 Å². The Morgan fingerprint density at radius 3 is 1.29 bits per heavy atom. The molecule has 8 atom stereocenters. The summed E-state index contributed by atoms with van der Waals surface area (Å²) in [6, 6.07) is 81.5. The van der Waals surface area contributed by atoms with Crippen LogP contribution in [0, 0.1) is 0 Å². The molecule has 0 aliphatic carbocycles. The van der Waals surface area contributed by atoms with Crippen molar-refractivity contribution in [2.45, 2.75) is 191 Å². The van der Waals surface area contributed by atoms with Crippen molar-refractivity contribution in [3.63, 3.8) is 0 Å². The molecule has 21 heteroatoms. The quantitative estimate of drug-likeness (QED) is 0.0227. The lowest BCUT2D eigenvalue weighted by Crippen LogP contribution is -2.51. The maximum atomic E-state index is 14.6. The van der Waals surface area contributed by atoms with Crippen LogP contribution in [0.1, 0.15) is 202 Å². The minimum atomic E-state index is -0.480. The van der Waals surface area contributed by atoms with Crippen molar-refractivity contribution in [2.24, 2.45) is 0 Å². The number of fused-ring (bicyclic) bond motifs is 2. The smallest absolute Gasteiger partial charge is 0.251 e. The number of amides is 7.